The van der Waals surface area contributed by atoms with E-state index in [1.807, 2.05) is 36.4 Å². The van der Waals surface area contributed by atoms with Crippen LogP contribution in [-0.2, 0) is 5.41 Å². The number of para-hydroxylation sites is 2. The molecule has 0 unspecified atom stereocenters. The number of nitrogens with zero attached hydrogens (tertiary/aromatic N) is 5. The molecule has 0 fully saturated rings. The lowest BCUT2D eigenvalue weighted by Crippen LogP contribution is -2.18. The van der Waals surface area contributed by atoms with Gasteiger partial charge in [0.2, 0.25) is 0 Å². The summed E-state index contributed by atoms with van der Waals surface area (Å²) in [7, 11) is 0. The van der Waals surface area contributed by atoms with Gasteiger partial charge in [-0.05, 0) is 75.5 Å². The van der Waals surface area contributed by atoms with E-state index in [2.05, 4.69) is 174 Å². The molecule has 14 rings (SSSR count). The molecule has 9 aromatic carbocycles. The molecule has 63 heavy (non-hydrogen) atoms. The fourth-order valence-electron chi connectivity index (χ4n) is 11.1. The van der Waals surface area contributed by atoms with Gasteiger partial charge in [0.05, 0.1) is 33.3 Å². The average molecular weight is 804 g/mol. The summed E-state index contributed by atoms with van der Waals surface area (Å²) in [6.07, 6.45) is 0. The number of hydrogen-bond donors (Lipinski definition) is 0. The van der Waals surface area contributed by atoms with Crippen LogP contribution in [-0.4, -0.2) is 23.9 Å². The van der Waals surface area contributed by atoms with Gasteiger partial charge in [0, 0.05) is 54.4 Å². The van der Waals surface area contributed by atoms with Crippen molar-refractivity contribution < 1.29 is 0 Å². The third-order valence-electron chi connectivity index (χ3n) is 13.8. The van der Waals surface area contributed by atoms with Crippen molar-refractivity contribution in [1.82, 2.24) is 23.9 Å². The van der Waals surface area contributed by atoms with Crippen molar-refractivity contribution in [3.05, 3.63) is 199 Å². The van der Waals surface area contributed by atoms with Crippen LogP contribution in [0.2, 0.25) is 0 Å². The van der Waals surface area contributed by atoms with Crippen molar-refractivity contribution in [3.63, 3.8) is 0 Å². The zero-order valence-electron chi connectivity index (χ0n) is 34.6. The molecule has 0 atom stereocenters. The fourth-order valence-corrected chi connectivity index (χ4v) is 11.1. The Kier molecular flexibility index (Phi) is 6.84. The van der Waals surface area contributed by atoms with Crippen molar-refractivity contribution in [2.75, 3.05) is 0 Å². The molecule has 1 aliphatic carbocycles. The molecule has 5 heteroatoms. The topological polar surface area (TPSA) is 48.0 Å². The van der Waals surface area contributed by atoms with Gasteiger partial charge in [-0.15, -0.1) is 0 Å². The summed E-state index contributed by atoms with van der Waals surface area (Å²) in [4.78, 5) is 15.6. The predicted molar refractivity (Wildman–Crippen MR) is 260 cm³/mol. The summed E-state index contributed by atoms with van der Waals surface area (Å²) >= 11 is 0. The van der Waals surface area contributed by atoms with Gasteiger partial charge in [-0.1, -0.05) is 159 Å². The summed E-state index contributed by atoms with van der Waals surface area (Å²) in [5.74, 6) is 1.96. The number of rotatable bonds is 4. The minimum atomic E-state index is -0.357. The van der Waals surface area contributed by atoms with Gasteiger partial charge in [-0.25, -0.2) is 15.0 Å². The second-order valence-electron chi connectivity index (χ2n) is 17.6. The van der Waals surface area contributed by atoms with Crippen LogP contribution in [0.5, 0.6) is 0 Å². The van der Waals surface area contributed by atoms with Crippen LogP contribution >= 0.6 is 0 Å². The van der Waals surface area contributed by atoms with Crippen molar-refractivity contribution in [2.24, 2.45) is 0 Å². The van der Waals surface area contributed by atoms with Crippen LogP contribution in [0.1, 0.15) is 25.0 Å². The first-order valence-electron chi connectivity index (χ1n) is 21.7. The molecule has 0 amide bonds. The van der Waals surface area contributed by atoms with Gasteiger partial charge in [0.1, 0.15) is 0 Å². The Morgan fingerprint density at radius 2 is 0.968 bits per heavy atom. The van der Waals surface area contributed by atoms with E-state index in [0.29, 0.717) is 17.5 Å². The summed E-state index contributed by atoms with van der Waals surface area (Å²) in [5, 5.41) is 10.1. The highest BCUT2D eigenvalue weighted by Gasteiger charge is 2.40. The Bertz CT molecular complexity index is 3990. The first kappa shape index (κ1) is 34.6. The van der Waals surface area contributed by atoms with E-state index in [1.165, 1.54) is 92.9 Å². The molecule has 13 aromatic rings. The van der Waals surface area contributed by atoms with Crippen molar-refractivity contribution in [3.8, 4) is 51.0 Å². The maximum absolute atomic E-state index is 5.29. The van der Waals surface area contributed by atoms with Crippen LogP contribution in [0.3, 0.4) is 0 Å². The van der Waals surface area contributed by atoms with E-state index < -0.39 is 0 Å². The molecule has 0 saturated heterocycles. The Morgan fingerprint density at radius 3 is 1.73 bits per heavy atom. The second-order valence-corrected chi connectivity index (χ2v) is 17.6. The number of benzene rings is 9. The van der Waals surface area contributed by atoms with Crippen molar-refractivity contribution in [2.45, 2.75) is 19.3 Å². The summed E-state index contributed by atoms with van der Waals surface area (Å²) < 4.78 is 5.05. The second kappa shape index (κ2) is 12.5. The molecular weight excluding hydrogens is 767 g/mol. The van der Waals surface area contributed by atoms with E-state index in [0.717, 1.165) is 22.4 Å². The van der Waals surface area contributed by atoms with Gasteiger partial charge in [0.25, 0.3) is 0 Å². The minimum Gasteiger partial charge on any atom is -0.309 e. The van der Waals surface area contributed by atoms with E-state index >= 15 is 0 Å². The van der Waals surface area contributed by atoms with E-state index in [4.69, 9.17) is 15.0 Å². The molecule has 4 heterocycles. The predicted octanol–water partition coefficient (Wildman–Crippen LogP) is 14.6. The third kappa shape index (κ3) is 4.68. The molecule has 0 N–H and O–H groups in total. The van der Waals surface area contributed by atoms with E-state index in [1.54, 1.807) is 0 Å². The molecule has 294 valence electrons. The molecule has 1 aliphatic rings. The highest BCUT2D eigenvalue weighted by atomic mass is 15.0. The Balaban J connectivity index is 1.12. The highest BCUT2D eigenvalue weighted by Crippen LogP contribution is 2.55. The van der Waals surface area contributed by atoms with Crippen LogP contribution in [0.4, 0.5) is 0 Å². The fraction of sp³-hybridized carbons (Fsp3) is 0.0517. The molecule has 5 nitrogen and oxygen atoms in total. The molecule has 0 bridgehead atoms. The SMILES string of the molecule is CC1(C)c2ccccc2-c2c(-c3nc(-c4ccccc4)nc(-c4ccccc4)n3)ccc(-n3c4cc5ccccc5cc4c4cc5c6cccc7c8ccccc8n(c5cc43)c76)c21. The lowest BCUT2D eigenvalue weighted by atomic mass is 9.81. The van der Waals surface area contributed by atoms with Crippen LogP contribution < -0.4 is 0 Å². The monoisotopic (exact) mass is 803 g/mol. The first-order valence-corrected chi connectivity index (χ1v) is 21.7. The third-order valence-corrected chi connectivity index (χ3v) is 13.8. The minimum absolute atomic E-state index is 0.357. The standard InChI is InChI=1S/C58H37N5/c1-58(2)46-26-13-11-23-41(46)52-42(57-60-55(34-16-5-3-6-17-34)59-56(61-57)35-18-7-4-8-19-35)28-29-48(53(52)58)62-49-31-37-21-10-9-20-36(37)30-43(49)45-32-44-40-25-15-24-39-38-22-12-14-27-47(38)63(54(39)40)51(44)33-50(45)62/h3-33H,1-2H3. The maximum atomic E-state index is 5.29. The van der Waals surface area contributed by atoms with Gasteiger partial charge in [-0.2, -0.15) is 0 Å². The maximum Gasteiger partial charge on any atom is 0.164 e. The number of fused-ring (bicyclic) bond motifs is 13. The Hall–Kier alpha value is -8.15. The van der Waals surface area contributed by atoms with Crippen LogP contribution in [0.25, 0.3) is 122 Å². The lowest BCUT2D eigenvalue weighted by molar-refractivity contribution is 0.656. The smallest absolute Gasteiger partial charge is 0.164 e. The van der Waals surface area contributed by atoms with Gasteiger partial charge >= 0.3 is 0 Å². The van der Waals surface area contributed by atoms with Crippen molar-refractivity contribution in [1.29, 1.82) is 0 Å². The van der Waals surface area contributed by atoms with Crippen molar-refractivity contribution >= 4 is 70.7 Å². The summed E-state index contributed by atoms with van der Waals surface area (Å²) in [6.45, 7) is 4.76. The molecule has 0 radical (unpaired) electrons. The molecular formula is C58H37N5. The number of hydrogen-bond acceptors (Lipinski definition) is 3. The number of aromatic nitrogens is 5. The van der Waals surface area contributed by atoms with Gasteiger partial charge in [-0.3, -0.25) is 0 Å². The molecule has 0 aliphatic heterocycles. The highest BCUT2D eigenvalue weighted by molar-refractivity contribution is 6.26. The summed E-state index contributed by atoms with van der Waals surface area (Å²) in [6, 6.07) is 68.1. The molecule has 0 spiro atoms. The zero-order chi connectivity index (χ0) is 41.6. The summed E-state index contributed by atoms with van der Waals surface area (Å²) in [5.41, 5.74) is 14.7. The van der Waals surface area contributed by atoms with Crippen LogP contribution in [0.15, 0.2) is 188 Å². The van der Waals surface area contributed by atoms with E-state index in [-0.39, 0.29) is 5.41 Å². The average Bonchev–Trinajstić information content (AvgIpc) is 4.03. The molecule has 0 saturated carbocycles. The first-order chi connectivity index (χ1) is 31.0. The largest absolute Gasteiger partial charge is 0.309 e. The van der Waals surface area contributed by atoms with Crippen LogP contribution in [0, 0.1) is 0 Å². The van der Waals surface area contributed by atoms with E-state index in [9.17, 15) is 0 Å². The lowest BCUT2D eigenvalue weighted by Gasteiger charge is -2.26. The Labute approximate surface area is 362 Å². The normalized spacial score (nSPS) is 13.4. The molecule has 4 aromatic heterocycles. The zero-order valence-corrected chi connectivity index (χ0v) is 34.6. The van der Waals surface area contributed by atoms with Gasteiger partial charge < -0.3 is 8.97 Å². The quantitative estimate of drug-likeness (QED) is 0.178. The van der Waals surface area contributed by atoms with Gasteiger partial charge in [0.15, 0.2) is 17.5 Å². The Morgan fingerprint density at radius 1 is 0.397 bits per heavy atom.